The van der Waals surface area contributed by atoms with E-state index in [1.54, 1.807) is 24.3 Å². The zero-order valence-electron chi connectivity index (χ0n) is 16.2. The SMILES string of the molecule is CN(C)CCCOc1ccc(NC(=O)CCc2ccc(OC(F)F)cc2)cc1. The Morgan fingerprint density at radius 1 is 1.04 bits per heavy atom. The third-order valence-corrected chi connectivity index (χ3v) is 3.95. The van der Waals surface area contributed by atoms with Crippen molar-refractivity contribution in [2.45, 2.75) is 25.9 Å². The van der Waals surface area contributed by atoms with Crippen molar-refractivity contribution in [3.63, 3.8) is 0 Å². The first-order chi connectivity index (χ1) is 13.4. The number of amides is 1. The van der Waals surface area contributed by atoms with Crippen molar-refractivity contribution in [2.75, 3.05) is 32.6 Å². The number of nitrogens with one attached hydrogen (secondary N) is 1. The molecule has 0 saturated heterocycles. The van der Waals surface area contributed by atoms with E-state index in [2.05, 4.69) is 15.0 Å². The molecule has 0 fully saturated rings. The maximum atomic E-state index is 12.1. The highest BCUT2D eigenvalue weighted by Crippen LogP contribution is 2.18. The van der Waals surface area contributed by atoms with Crippen LogP contribution in [-0.2, 0) is 11.2 Å². The summed E-state index contributed by atoms with van der Waals surface area (Å²) in [6, 6.07) is 13.5. The largest absolute Gasteiger partial charge is 0.494 e. The first kappa shape index (κ1) is 21.6. The molecule has 5 nitrogen and oxygen atoms in total. The smallest absolute Gasteiger partial charge is 0.387 e. The van der Waals surface area contributed by atoms with Gasteiger partial charge in [-0.3, -0.25) is 4.79 Å². The minimum absolute atomic E-state index is 0.104. The summed E-state index contributed by atoms with van der Waals surface area (Å²) < 4.78 is 34.2. The molecule has 0 aliphatic carbocycles. The number of anilines is 1. The molecule has 1 amide bonds. The topological polar surface area (TPSA) is 50.8 Å². The zero-order chi connectivity index (χ0) is 20.4. The van der Waals surface area contributed by atoms with Crippen LogP contribution in [-0.4, -0.2) is 44.7 Å². The van der Waals surface area contributed by atoms with Crippen molar-refractivity contribution >= 4 is 11.6 Å². The van der Waals surface area contributed by atoms with Gasteiger partial charge in [-0.2, -0.15) is 8.78 Å². The molecule has 0 bridgehead atoms. The number of nitrogens with zero attached hydrogens (tertiary/aromatic N) is 1. The Kier molecular flexibility index (Phi) is 8.68. The summed E-state index contributed by atoms with van der Waals surface area (Å²) in [5, 5.41) is 2.83. The molecule has 7 heteroatoms. The lowest BCUT2D eigenvalue weighted by atomic mass is 10.1. The summed E-state index contributed by atoms with van der Waals surface area (Å²) >= 11 is 0. The van der Waals surface area contributed by atoms with Gasteiger partial charge >= 0.3 is 6.61 Å². The number of hydrogen-bond acceptors (Lipinski definition) is 4. The second-order valence-corrected chi connectivity index (χ2v) is 6.60. The molecule has 2 rings (SSSR count). The number of carbonyl (C=O) groups is 1. The zero-order valence-corrected chi connectivity index (χ0v) is 16.2. The standard InChI is InChI=1S/C21H26F2N2O3/c1-25(2)14-3-15-27-18-11-7-17(8-12-18)24-20(26)13-6-16-4-9-19(10-5-16)28-21(22)23/h4-5,7-12,21H,3,6,13-15H2,1-2H3,(H,24,26). The third kappa shape index (κ3) is 8.35. The highest BCUT2D eigenvalue weighted by Gasteiger charge is 2.06. The number of ether oxygens (including phenoxy) is 2. The van der Waals surface area contributed by atoms with Crippen molar-refractivity contribution in [3.05, 3.63) is 54.1 Å². The summed E-state index contributed by atoms with van der Waals surface area (Å²) in [4.78, 5) is 14.2. The van der Waals surface area contributed by atoms with E-state index in [4.69, 9.17) is 4.74 Å². The predicted molar refractivity (Wildman–Crippen MR) is 105 cm³/mol. The van der Waals surface area contributed by atoms with E-state index in [9.17, 15) is 13.6 Å². The van der Waals surface area contributed by atoms with Gasteiger partial charge in [-0.25, -0.2) is 0 Å². The lowest BCUT2D eigenvalue weighted by Crippen LogP contribution is -2.15. The highest BCUT2D eigenvalue weighted by atomic mass is 19.3. The van der Waals surface area contributed by atoms with Gasteiger partial charge in [0.1, 0.15) is 11.5 Å². The Bertz CT molecular complexity index is 719. The summed E-state index contributed by atoms with van der Waals surface area (Å²) in [6.45, 7) is -1.23. The second-order valence-electron chi connectivity index (χ2n) is 6.60. The minimum Gasteiger partial charge on any atom is -0.494 e. The van der Waals surface area contributed by atoms with Crippen molar-refractivity contribution in [3.8, 4) is 11.5 Å². The predicted octanol–water partition coefficient (Wildman–Crippen LogP) is 4.19. The van der Waals surface area contributed by atoms with Crippen LogP contribution in [0.2, 0.25) is 0 Å². The van der Waals surface area contributed by atoms with Gasteiger partial charge in [-0.1, -0.05) is 12.1 Å². The highest BCUT2D eigenvalue weighted by molar-refractivity contribution is 5.90. The molecule has 0 aliphatic heterocycles. The van der Waals surface area contributed by atoms with Crippen molar-refractivity contribution in [1.29, 1.82) is 0 Å². The van der Waals surface area contributed by atoms with Gasteiger partial charge < -0.3 is 19.7 Å². The lowest BCUT2D eigenvalue weighted by molar-refractivity contribution is -0.116. The molecule has 0 saturated carbocycles. The maximum Gasteiger partial charge on any atom is 0.387 e. The molecule has 0 atom stereocenters. The Morgan fingerprint density at radius 3 is 2.29 bits per heavy atom. The number of carbonyl (C=O) groups excluding carboxylic acids is 1. The van der Waals surface area contributed by atoms with Gasteiger partial charge in [0.15, 0.2) is 0 Å². The Labute approximate surface area is 164 Å². The first-order valence-corrected chi connectivity index (χ1v) is 9.13. The van der Waals surface area contributed by atoms with Crippen LogP contribution in [0.3, 0.4) is 0 Å². The molecule has 2 aromatic rings. The number of rotatable bonds is 11. The molecule has 0 aliphatic rings. The second kappa shape index (κ2) is 11.2. The molecule has 0 spiro atoms. The van der Waals surface area contributed by atoms with E-state index < -0.39 is 6.61 Å². The van der Waals surface area contributed by atoms with Crippen molar-refractivity contribution in [1.82, 2.24) is 4.90 Å². The Morgan fingerprint density at radius 2 is 1.68 bits per heavy atom. The van der Waals surface area contributed by atoms with Crippen molar-refractivity contribution < 1.29 is 23.0 Å². The molecular formula is C21H26F2N2O3. The molecule has 152 valence electrons. The maximum absolute atomic E-state index is 12.1. The number of aryl methyl sites for hydroxylation is 1. The average molecular weight is 392 g/mol. The van der Waals surface area contributed by atoms with Crippen LogP contribution in [0.4, 0.5) is 14.5 Å². The van der Waals surface area contributed by atoms with Crippen LogP contribution in [0.5, 0.6) is 11.5 Å². The fourth-order valence-corrected chi connectivity index (χ4v) is 2.52. The van der Waals surface area contributed by atoms with Crippen LogP contribution in [0.15, 0.2) is 48.5 Å². The Balaban J connectivity index is 1.72. The molecule has 0 radical (unpaired) electrons. The van der Waals surface area contributed by atoms with E-state index in [-0.39, 0.29) is 18.1 Å². The Hall–Kier alpha value is -2.67. The number of halogens is 2. The third-order valence-electron chi connectivity index (χ3n) is 3.95. The van der Waals surface area contributed by atoms with Crippen LogP contribution < -0.4 is 14.8 Å². The van der Waals surface area contributed by atoms with Crippen LogP contribution in [0, 0.1) is 0 Å². The molecule has 0 aromatic heterocycles. The van der Waals surface area contributed by atoms with Gasteiger partial charge in [0.25, 0.3) is 0 Å². The quantitative estimate of drug-likeness (QED) is 0.583. The number of benzene rings is 2. The van der Waals surface area contributed by atoms with E-state index in [1.807, 2.05) is 26.2 Å². The van der Waals surface area contributed by atoms with Gasteiger partial charge in [-0.05, 0) is 68.9 Å². The average Bonchev–Trinajstić information content (AvgIpc) is 2.65. The van der Waals surface area contributed by atoms with E-state index in [1.165, 1.54) is 12.1 Å². The fourth-order valence-electron chi connectivity index (χ4n) is 2.52. The molecule has 0 heterocycles. The monoisotopic (exact) mass is 392 g/mol. The van der Waals surface area contributed by atoms with Gasteiger partial charge in [0.2, 0.25) is 5.91 Å². The van der Waals surface area contributed by atoms with E-state index >= 15 is 0 Å². The molecule has 2 aromatic carbocycles. The van der Waals surface area contributed by atoms with Crippen molar-refractivity contribution in [2.24, 2.45) is 0 Å². The number of hydrogen-bond donors (Lipinski definition) is 1. The van der Waals surface area contributed by atoms with Gasteiger partial charge in [-0.15, -0.1) is 0 Å². The molecule has 0 unspecified atom stereocenters. The first-order valence-electron chi connectivity index (χ1n) is 9.13. The summed E-state index contributed by atoms with van der Waals surface area (Å²) in [6.07, 6.45) is 1.74. The number of alkyl halides is 2. The molecule has 28 heavy (non-hydrogen) atoms. The van der Waals surface area contributed by atoms with Gasteiger partial charge in [0.05, 0.1) is 6.61 Å². The molecular weight excluding hydrogens is 366 g/mol. The summed E-state index contributed by atoms with van der Waals surface area (Å²) in [5.41, 5.74) is 1.57. The minimum atomic E-state index is -2.84. The normalized spacial score (nSPS) is 10.9. The van der Waals surface area contributed by atoms with Gasteiger partial charge in [0, 0.05) is 18.7 Å². The van der Waals surface area contributed by atoms with E-state index in [0.717, 1.165) is 24.3 Å². The van der Waals surface area contributed by atoms with Crippen LogP contribution >= 0.6 is 0 Å². The fraction of sp³-hybridized carbons (Fsp3) is 0.381. The van der Waals surface area contributed by atoms with Crippen LogP contribution in [0.1, 0.15) is 18.4 Å². The van der Waals surface area contributed by atoms with Crippen LogP contribution in [0.25, 0.3) is 0 Å². The summed E-state index contributed by atoms with van der Waals surface area (Å²) in [7, 11) is 4.04. The van der Waals surface area contributed by atoms with E-state index in [0.29, 0.717) is 18.7 Å². The lowest BCUT2D eigenvalue weighted by Gasteiger charge is -2.11. The summed E-state index contributed by atoms with van der Waals surface area (Å²) in [5.74, 6) is 0.752. The molecule has 1 N–H and O–H groups in total.